The number of benzene rings is 2. The van der Waals surface area contributed by atoms with Crippen molar-refractivity contribution in [2.45, 2.75) is 31.7 Å². The summed E-state index contributed by atoms with van der Waals surface area (Å²) in [6, 6.07) is 16.4. The van der Waals surface area contributed by atoms with Crippen molar-refractivity contribution in [3.8, 4) is 5.75 Å². The lowest BCUT2D eigenvalue weighted by Gasteiger charge is -2.32. The summed E-state index contributed by atoms with van der Waals surface area (Å²) in [6.45, 7) is 4.07. The second kappa shape index (κ2) is 9.84. The molecule has 30 heavy (non-hydrogen) atoms. The van der Waals surface area contributed by atoms with Crippen molar-refractivity contribution in [2.75, 3.05) is 38.2 Å². The number of halogens is 1. The molecule has 0 spiro atoms. The maximum atomic E-state index is 12.3. The van der Waals surface area contributed by atoms with Crippen molar-refractivity contribution in [1.29, 1.82) is 0 Å². The number of piperidine rings is 1. The third-order valence-corrected chi connectivity index (χ3v) is 7.08. The second-order valence-corrected chi connectivity index (χ2v) is 9.18. The molecule has 0 aromatic heterocycles. The number of rotatable bonds is 7. The highest BCUT2D eigenvalue weighted by molar-refractivity contribution is 9.10. The maximum absolute atomic E-state index is 12.3. The number of ether oxygens (including phenoxy) is 1. The summed E-state index contributed by atoms with van der Waals surface area (Å²) in [6.07, 6.45) is 4.53. The Bertz CT molecular complexity index is 853. The first-order valence-electron chi connectivity index (χ1n) is 10.8. The van der Waals surface area contributed by atoms with Crippen LogP contribution in [0.3, 0.4) is 0 Å². The summed E-state index contributed by atoms with van der Waals surface area (Å²) in [5, 5.41) is 3.14. The Morgan fingerprint density at radius 1 is 1.13 bits per heavy atom. The molecule has 1 N–H and O–H groups in total. The van der Waals surface area contributed by atoms with Gasteiger partial charge in [-0.25, -0.2) is 4.79 Å². The molecule has 2 saturated heterocycles. The number of hydrogen-bond donors (Lipinski definition) is 1. The lowest BCUT2D eigenvalue weighted by atomic mass is 9.90. The van der Waals surface area contributed by atoms with Crippen LogP contribution in [-0.4, -0.2) is 50.3 Å². The quantitative estimate of drug-likeness (QED) is 0.636. The largest absolute Gasteiger partial charge is 0.497 e. The number of urea groups is 1. The van der Waals surface area contributed by atoms with Gasteiger partial charge in [-0.2, -0.15) is 0 Å². The van der Waals surface area contributed by atoms with E-state index < -0.39 is 0 Å². The zero-order chi connectivity index (χ0) is 20.9. The van der Waals surface area contributed by atoms with Gasteiger partial charge in [0.15, 0.2) is 0 Å². The van der Waals surface area contributed by atoms with E-state index in [1.54, 1.807) is 7.11 Å². The zero-order valence-electron chi connectivity index (χ0n) is 17.5. The summed E-state index contributed by atoms with van der Waals surface area (Å²) in [7, 11) is 1.72. The summed E-state index contributed by atoms with van der Waals surface area (Å²) < 4.78 is 6.55. The van der Waals surface area contributed by atoms with Gasteiger partial charge in [-0.3, -0.25) is 4.90 Å². The SMILES string of the molecule is COc1ccc(Br)c(CC2CCN(CCC3CN(c4ccccc4)C(=O)N3)CC2)c1. The van der Waals surface area contributed by atoms with Crippen LogP contribution in [0.2, 0.25) is 0 Å². The summed E-state index contributed by atoms with van der Waals surface area (Å²) in [4.78, 5) is 16.7. The predicted molar refractivity (Wildman–Crippen MR) is 124 cm³/mol. The number of nitrogens with zero attached hydrogens (tertiary/aromatic N) is 2. The fraction of sp³-hybridized carbons (Fsp3) is 0.458. The minimum absolute atomic E-state index is 0.0220. The van der Waals surface area contributed by atoms with Crippen molar-refractivity contribution in [1.82, 2.24) is 10.2 Å². The minimum atomic E-state index is 0.0220. The third kappa shape index (κ3) is 5.16. The fourth-order valence-corrected chi connectivity index (χ4v) is 4.90. The molecule has 2 heterocycles. The molecule has 2 aromatic rings. The second-order valence-electron chi connectivity index (χ2n) is 8.33. The van der Waals surface area contributed by atoms with Gasteiger partial charge in [-0.05, 0) is 80.6 Å². The molecule has 6 heteroatoms. The first-order valence-corrected chi connectivity index (χ1v) is 11.6. The van der Waals surface area contributed by atoms with Crippen molar-refractivity contribution in [3.63, 3.8) is 0 Å². The molecule has 2 aromatic carbocycles. The van der Waals surface area contributed by atoms with Crippen molar-refractivity contribution in [2.24, 2.45) is 5.92 Å². The van der Waals surface area contributed by atoms with Crippen LogP contribution in [0, 0.1) is 5.92 Å². The van der Waals surface area contributed by atoms with Crippen LogP contribution in [0.5, 0.6) is 5.75 Å². The summed E-state index contributed by atoms with van der Waals surface area (Å²) >= 11 is 3.68. The number of anilines is 1. The van der Waals surface area contributed by atoms with E-state index in [1.807, 2.05) is 41.3 Å². The Kier molecular flexibility index (Phi) is 6.95. The van der Waals surface area contributed by atoms with E-state index >= 15 is 0 Å². The molecule has 2 aliphatic rings. The van der Waals surface area contributed by atoms with Crippen molar-refractivity contribution < 1.29 is 9.53 Å². The van der Waals surface area contributed by atoms with Gasteiger partial charge in [0.05, 0.1) is 7.11 Å². The molecule has 0 bridgehead atoms. The van der Waals surface area contributed by atoms with Crippen LogP contribution in [0.15, 0.2) is 53.0 Å². The summed E-state index contributed by atoms with van der Waals surface area (Å²) in [5.41, 5.74) is 2.31. The highest BCUT2D eigenvalue weighted by Crippen LogP contribution is 2.29. The number of para-hydroxylation sites is 1. The number of carbonyl (C=O) groups is 1. The molecule has 2 fully saturated rings. The average Bonchev–Trinajstić information content (AvgIpc) is 3.16. The minimum Gasteiger partial charge on any atom is -0.497 e. The van der Waals surface area contributed by atoms with Gasteiger partial charge in [0.1, 0.15) is 5.75 Å². The van der Waals surface area contributed by atoms with E-state index in [2.05, 4.69) is 38.3 Å². The molecular formula is C24H30BrN3O2. The van der Waals surface area contributed by atoms with Gasteiger partial charge < -0.3 is 15.0 Å². The van der Waals surface area contributed by atoms with E-state index in [4.69, 9.17) is 4.74 Å². The molecular weight excluding hydrogens is 442 g/mol. The van der Waals surface area contributed by atoms with E-state index in [1.165, 1.54) is 22.9 Å². The Hall–Kier alpha value is -2.05. The van der Waals surface area contributed by atoms with Gasteiger partial charge in [0, 0.05) is 29.3 Å². The number of carbonyl (C=O) groups excluding carboxylic acids is 1. The first kappa shape index (κ1) is 21.2. The van der Waals surface area contributed by atoms with E-state index in [-0.39, 0.29) is 12.1 Å². The molecule has 4 rings (SSSR count). The predicted octanol–water partition coefficient (Wildman–Crippen LogP) is 4.70. The lowest BCUT2D eigenvalue weighted by molar-refractivity contribution is 0.178. The van der Waals surface area contributed by atoms with E-state index in [0.29, 0.717) is 5.92 Å². The maximum Gasteiger partial charge on any atom is 0.322 e. The van der Waals surface area contributed by atoms with Crippen molar-refractivity contribution in [3.05, 3.63) is 58.6 Å². The van der Waals surface area contributed by atoms with E-state index in [9.17, 15) is 4.79 Å². The number of methoxy groups -OCH3 is 1. The smallest absolute Gasteiger partial charge is 0.322 e. The van der Waals surface area contributed by atoms with Crippen LogP contribution in [0.25, 0.3) is 0 Å². The normalized spacial score (nSPS) is 20.4. The molecule has 2 aliphatic heterocycles. The van der Waals surface area contributed by atoms with Crippen LogP contribution in [0.1, 0.15) is 24.8 Å². The highest BCUT2D eigenvalue weighted by atomic mass is 79.9. The highest BCUT2D eigenvalue weighted by Gasteiger charge is 2.30. The molecule has 2 amide bonds. The first-order chi connectivity index (χ1) is 14.6. The van der Waals surface area contributed by atoms with Gasteiger partial charge in [0.2, 0.25) is 0 Å². The molecule has 0 aliphatic carbocycles. The van der Waals surface area contributed by atoms with Crippen LogP contribution in [-0.2, 0) is 6.42 Å². The number of amides is 2. The molecule has 1 unspecified atom stereocenters. The standard InChI is InChI=1S/C24H30BrN3O2/c1-30-22-7-8-23(25)19(16-22)15-18-9-12-27(13-10-18)14-11-20-17-28(24(29)26-20)21-5-3-2-4-6-21/h2-8,16,18,20H,9-15,17H2,1H3,(H,26,29). The zero-order valence-corrected chi connectivity index (χ0v) is 19.1. The molecule has 160 valence electrons. The number of hydrogen-bond acceptors (Lipinski definition) is 3. The molecule has 0 saturated carbocycles. The topological polar surface area (TPSA) is 44.8 Å². The van der Waals surface area contributed by atoms with Crippen LogP contribution < -0.4 is 15.0 Å². The average molecular weight is 472 g/mol. The van der Waals surface area contributed by atoms with Crippen LogP contribution in [0.4, 0.5) is 10.5 Å². The Morgan fingerprint density at radius 3 is 2.63 bits per heavy atom. The molecule has 1 atom stereocenters. The molecule has 5 nitrogen and oxygen atoms in total. The lowest BCUT2D eigenvalue weighted by Crippen LogP contribution is -2.38. The van der Waals surface area contributed by atoms with Crippen molar-refractivity contribution >= 4 is 27.6 Å². The Morgan fingerprint density at radius 2 is 1.90 bits per heavy atom. The van der Waals surface area contributed by atoms with Gasteiger partial charge >= 0.3 is 6.03 Å². The fourth-order valence-electron chi connectivity index (χ4n) is 4.49. The Balaban J connectivity index is 1.22. The summed E-state index contributed by atoms with van der Waals surface area (Å²) in [5.74, 6) is 1.64. The van der Waals surface area contributed by atoms with E-state index in [0.717, 1.165) is 50.5 Å². The third-order valence-electron chi connectivity index (χ3n) is 6.31. The van der Waals surface area contributed by atoms with Gasteiger partial charge in [0.25, 0.3) is 0 Å². The van der Waals surface area contributed by atoms with Crippen LogP contribution >= 0.6 is 15.9 Å². The van der Waals surface area contributed by atoms with Gasteiger partial charge in [-0.1, -0.05) is 34.1 Å². The molecule has 0 radical (unpaired) electrons. The van der Waals surface area contributed by atoms with Gasteiger partial charge in [-0.15, -0.1) is 0 Å². The Labute approximate surface area is 187 Å². The number of likely N-dealkylation sites (tertiary alicyclic amines) is 1. The monoisotopic (exact) mass is 471 g/mol. The number of nitrogens with one attached hydrogen (secondary N) is 1.